The van der Waals surface area contributed by atoms with E-state index in [1.807, 2.05) is 0 Å². The van der Waals surface area contributed by atoms with E-state index in [1.165, 1.54) is 63.4 Å². The molecule has 4 heteroatoms. The number of hydrogen-bond acceptors (Lipinski definition) is 3. The average molecular weight is 407 g/mol. The molecule has 1 aromatic carbocycles. The van der Waals surface area contributed by atoms with Crippen LogP contribution >= 0.6 is 0 Å². The molecule has 0 unspecified atom stereocenters. The Hall–Kier alpha value is -1.65. The number of aliphatic hydroxyl groups excluding tert-OH is 2. The van der Waals surface area contributed by atoms with Crippen LogP contribution in [0.25, 0.3) is 0 Å². The number of aryl methyl sites for hydroxylation is 1. The zero-order valence-corrected chi connectivity index (χ0v) is 18.4. The summed E-state index contributed by atoms with van der Waals surface area (Å²) in [6.07, 6.45) is 18.5. The van der Waals surface area contributed by atoms with Crippen LogP contribution in [-0.4, -0.2) is 35.5 Å². The highest BCUT2D eigenvalue weighted by Gasteiger charge is 2.25. The van der Waals surface area contributed by atoms with Crippen LogP contribution in [0.3, 0.4) is 0 Å². The van der Waals surface area contributed by atoms with Crippen molar-refractivity contribution in [3.8, 4) is 0 Å². The van der Waals surface area contributed by atoms with Crippen LogP contribution in [0, 0.1) is 11.8 Å². The SMILES string of the molecule is CO.CO.O=C(O)CCC/C=C\C[C@H]1CCC[C@@H]1CCCCCc1ccccc1. The second-order valence-corrected chi connectivity index (χ2v) is 7.53. The molecule has 4 nitrogen and oxygen atoms in total. The normalized spacial score (nSPS) is 17.9. The molecule has 1 aliphatic carbocycles. The summed E-state index contributed by atoms with van der Waals surface area (Å²) in [5, 5.41) is 22.6. The molecule has 2 atom stereocenters. The molecule has 0 saturated heterocycles. The summed E-state index contributed by atoms with van der Waals surface area (Å²) in [4.78, 5) is 10.5. The lowest BCUT2D eigenvalue weighted by atomic mass is 9.88. The quantitative estimate of drug-likeness (QED) is 0.311. The molecule has 0 heterocycles. The fourth-order valence-electron chi connectivity index (χ4n) is 4.12. The van der Waals surface area contributed by atoms with E-state index in [2.05, 4.69) is 42.5 Å². The lowest BCUT2D eigenvalue weighted by Crippen LogP contribution is -2.07. The van der Waals surface area contributed by atoms with Crippen LogP contribution < -0.4 is 0 Å². The first-order valence-electron chi connectivity index (χ1n) is 11.1. The van der Waals surface area contributed by atoms with Gasteiger partial charge in [-0.2, -0.15) is 0 Å². The van der Waals surface area contributed by atoms with Gasteiger partial charge in [0.15, 0.2) is 0 Å². The standard InChI is InChI=1S/C23H34O2.2CH4O/c24-23(25)19-10-2-1-8-15-21-17-11-18-22(21)16-9-4-7-14-20-12-5-3-6-13-20;2*1-2/h1,3,5-6,8,12-13,21-22H,2,4,7,9-11,14-19H2,(H,24,25);2*2H,1H3/b8-1-;;/t21-,22-;;/m0../s1. The Bertz CT molecular complexity index is 513. The van der Waals surface area contributed by atoms with Crippen molar-refractivity contribution in [3.63, 3.8) is 0 Å². The molecule has 3 N–H and O–H groups in total. The van der Waals surface area contributed by atoms with E-state index in [9.17, 15) is 4.79 Å². The molecule has 1 saturated carbocycles. The number of allylic oxidation sites excluding steroid dienone is 2. The Morgan fingerprint density at radius 2 is 1.62 bits per heavy atom. The van der Waals surface area contributed by atoms with Gasteiger partial charge >= 0.3 is 5.97 Å². The number of carboxylic acids is 1. The zero-order chi connectivity index (χ0) is 21.7. The van der Waals surface area contributed by atoms with Crippen LogP contribution in [-0.2, 0) is 11.2 Å². The molecule has 0 amide bonds. The largest absolute Gasteiger partial charge is 0.481 e. The van der Waals surface area contributed by atoms with Gasteiger partial charge in [-0.1, -0.05) is 74.6 Å². The topological polar surface area (TPSA) is 77.8 Å². The van der Waals surface area contributed by atoms with Crippen molar-refractivity contribution < 1.29 is 20.1 Å². The number of hydrogen-bond donors (Lipinski definition) is 3. The summed E-state index contributed by atoms with van der Waals surface area (Å²) < 4.78 is 0. The summed E-state index contributed by atoms with van der Waals surface area (Å²) in [5.41, 5.74) is 1.47. The Kier molecular flexibility index (Phi) is 18.5. The molecular weight excluding hydrogens is 364 g/mol. The van der Waals surface area contributed by atoms with Crippen molar-refractivity contribution in [3.05, 3.63) is 48.0 Å². The number of carbonyl (C=O) groups is 1. The highest BCUT2D eigenvalue weighted by Crippen LogP contribution is 2.37. The first-order chi connectivity index (χ1) is 14.3. The Labute approximate surface area is 177 Å². The van der Waals surface area contributed by atoms with Crippen LogP contribution in [0.2, 0.25) is 0 Å². The van der Waals surface area contributed by atoms with Crippen LogP contribution in [0.1, 0.15) is 76.2 Å². The van der Waals surface area contributed by atoms with E-state index in [4.69, 9.17) is 15.3 Å². The molecule has 0 spiro atoms. The van der Waals surface area contributed by atoms with Crippen LogP contribution in [0.4, 0.5) is 0 Å². The van der Waals surface area contributed by atoms with Gasteiger partial charge in [0.1, 0.15) is 0 Å². The number of benzene rings is 1. The average Bonchev–Trinajstić information content (AvgIpc) is 3.21. The fraction of sp³-hybridized carbons (Fsp3) is 0.640. The van der Waals surface area contributed by atoms with E-state index in [0.717, 1.165) is 38.9 Å². The highest BCUT2D eigenvalue weighted by molar-refractivity contribution is 5.66. The van der Waals surface area contributed by atoms with E-state index >= 15 is 0 Å². The maximum atomic E-state index is 10.5. The Balaban J connectivity index is 0.00000184. The van der Waals surface area contributed by atoms with Crippen molar-refractivity contribution in [1.29, 1.82) is 0 Å². The van der Waals surface area contributed by atoms with Crippen molar-refractivity contribution >= 4 is 5.97 Å². The Morgan fingerprint density at radius 3 is 2.31 bits per heavy atom. The Morgan fingerprint density at radius 1 is 0.931 bits per heavy atom. The minimum absolute atomic E-state index is 0.291. The van der Waals surface area contributed by atoms with Crippen molar-refractivity contribution in [2.24, 2.45) is 11.8 Å². The number of rotatable bonds is 12. The first kappa shape index (κ1) is 27.4. The smallest absolute Gasteiger partial charge is 0.303 e. The minimum Gasteiger partial charge on any atom is -0.481 e. The molecule has 166 valence electrons. The third-order valence-corrected chi connectivity index (χ3v) is 5.57. The van der Waals surface area contributed by atoms with E-state index in [1.54, 1.807) is 0 Å². The van der Waals surface area contributed by atoms with Gasteiger partial charge < -0.3 is 15.3 Å². The predicted octanol–water partition coefficient (Wildman–Crippen LogP) is 5.62. The maximum absolute atomic E-state index is 10.5. The third kappa shape index (κ3) is 14.0. The summed E-state index contributed by atoms with van der Waals surface area (Å²) in [6.45, 7) is 0. The van der Waals surface area contributed by atoms with Gasteiger partial charge in [0, 0.05) is 20.6 Å². The van der Waals surface area contributed by atoms with Gasteiger partial charge in [0.25, 0.3) is 0 Å². The summed E-state index contributed by atoms with van der Waals surface area (Å²) >= 11 is 0. The van der Waals surface area contributed by atoms with E-state index in [-0.39, 0.29) is 0 Å². The molecule has 0 radical (unpaired) electrons. The van der Waals surface area contributed by atoms with Crippen molar-refractivity contribution in [2.75, 3.05) is 14.2 Å². The molecule has 1 aromatic rings. The van der Waals surface area contributed by atoms with Crippen molar-refractivity contribution in [2.45, 2.75) is 77.0 Å². The monoisotopic (exact) mass is 406 g/mol. The van der Waals surface area contributed by atoms with E-state index in [0.29, 0.717) is 6.42 Å². The lowest BCUT2D eigenvalue weighted by Gasteiger charge is -2.18. The molecule has 0 aromatic heterocycles. The molecule has 1 fully saturated rings. The molecule has 29 heavy (non-hydrogen) atoms. The van der Waals surface area contributed by atoms with Gasteiger partial charge in [0.2, 0.25) is 0 Å². The first-order valence-corrected chi connectivity index (χ1v) is 11.1. The number of carboxylic acid groups (broad SMARTS) is 1. The number of unbranched alkanes of at least 4 members (excludes halogenated alkanes) is 3. The number of aliphatic hydroxyl groups is 2. The highest BCUT2D eigenvalue weighted by atomic mass is 16.4. The van der Waals surface area contributed by atoms with Gasteiger partial charge in [0.05, 0.1) is 0 Å². The maximum Gasteiger partial charge on any atom is 0.303 e. The fourth-order valence-corrected chi connectivity index (χ4v) is 4.12. The summed E-state index contributed by atoms with van der Waals surface area (Å²) in [6, 6.07) is 10.8. The third-order valence-electron chi connectivity index (χ3n) is 5.57. The van der Waals surface area contributed by atoms with Gasteiger partial charge in [-0.3, -0.25) is 4.79 Å². The molecule has 0 aliphatic heterocycles. The van der Waals surface area contributed by atoms with Crippen LogP contribution in [0.5, 0.6) is 0 Å². The summed E-state index contributed by atoms with van der Waals surface area (Å²) in [7, 11) is 2.00. The second-order valence-electron chi connectivity index (χ2n) is 7.53. The van der Waals surface area contributed by atoms with E-state index < -0.39 is 5.97 Å². The zero-order valence-electron chi connectivity index (χ0n) is 18.4. The van der Waals surface area contributed by atoms with Gasteiger partial charge in [-0.25, -0.2) is 0 Å². The molecule has 1 aliphatic rings. The van der Waals surface area contributed by atoms with Crippen molar-refractivity contribution in [1.82, 2.24) is 0 Å². The second kappa shape index (κ2) is 19.7. The molecule has 2 rings (SSSR count). The van der Waals surface area contributed by atoms with Crippen LogP contribution in [0.15, 0.2) is 42.5 Å². The lowest BCUT2D eigenvalue weighted by molar-refractivity contribution is -0.137. The van der Waals surface area contributed by atoms with Gasteiger partial charge in [-0.15, -0.1) is 0 Å². The summed E-state index contributed by atoms with van der Waals surface area (Å²) in [5.74, 6) is 1.10. The molecule has 0 bridgehead atoms. The molecular formula is C25H42O4. The minimum atomic E-state index is -0.684. The predicted molar refractivity (Wildman–Crippen MR) is 121 cm³/mol. The van der Waals surface area contributed by atoms with Gasteiger partial charge in [-0.05, 0) is 55.9 Å². The number of aliphatic carboxylic acids is 1.